The summed E-state index contributed by atoms with van der Waals surface area (Å²) < 4.78 is 1.92. The Balaban J connectivity index is 1.43. The molecule has 0 spiro atoms. The molecule has 1 aliphatic heterocycles. The maximum absolute atomic E-state index is 12.5. The molecule has 1 atom stereocenters. The van der Waals surface area contributed by atoms with E-state index in [2.05, 4.69) is 30.1 Å². The first-order valence-corrected chi connectivity index (χ1v) is 10.8. The molecular weight excluding hydrogens is 362 g/mol. The SMILES string of the molecule is CCC(CNC(=O)CCc1c(C)nc2c3ccccc3nn2c1C)N1CCCC1. The molecule has 6 nitrogen and oxygen atoms in total. The van der Waals surface area contributed by atoms with Gasteiger partial charge in [0.2, 0.25) is 5.91 Å². The van der Waals surface area contributed by atoms with E-state index >= 15 is 0 Å². The number of nitrogens with zero attached hydrogens (tertiary/aromatic N) is 4. The molecule has 6 heteroatoms. The summed E-state index contributed by atoms with van der Waals surface area (Å²) in [6.45, 7) is 9.38. The molecule has 0 aliphatic carbocycles. The summed E-state index contributed by atoms with van der Waals surface area (Å²) in [6.07, 6.45) is 4.79. The van der Waals surface area contributed by atoms with Gasteiger partial charge in [-0.2, -0.15) is 5.10 Å². The number of carbonyl (C=O) groups excluding carboxylic acids is 1. The minimum absolute atomic E-state index is 0.118. The summed E-state index contributed by atoms with van der Waals surface area (Å²) in [4.78, 5) is 19.8. The van der Waals surface area contributed by atoms with Crippen LogP contribution in [0.25, 0.3) is 16.6 Å². The molecule has 1 amide bonds. The number of carbonyl (C=O) groups is 1. The molecule has 0 radical (unpaired) electrons. The third kappa shape index (κ3) is 3.99. The third-order valence-corrected chi connectivity index (χ3v) is 6.28. The molecule has 1 saturated heterocycles. The molecule has 1 unspecified atom stereocenters. The number of benzene rings is 1. The minimum atomic E-state index is 0.118. The number of hydrogen-bond acceptors (Lipinski definition) is 4. The van der Waals surface area contributed by atoms with E-state index < -0.39 is 0 Å². The van der Waals surface area contributed by atoms with E-state index in [4.69, 9.17) is 10.1 Å². The zero-order chi connectivity index (χ0) is 20.4. The van der Waals surface area contributed by atoms with Crippen molar-refractivity contribution in [3.8, 4) is 0 Å². The van der Waals surface area contributed by atoms with Crippen molar-refractivity contribution in [1.82, 2.24) is 24.8 Å². The fourth-order valence-electron chi connectivity index (χ4n) is 4.54. The van der Waals surface area contributed by atoms with Gasteiger partial charge >= 0.3 is 0 Å². The normalized spacial score (nSPS) is 16.0. The fraction of sp³-hybridized carbons (Fsp3) is 0.522. The maximum Gasteiger partial charge on any atom is 0.220 e. The first-order valence-electron chi connectivity index (χ1n) is 10.8. The number of aryl methyl sites for hydroxylation is 2. The van der Waals surface area contributed by atoms with Crippen molar-refractivity contribution in [2.45, 2.75) is 58.9 Å². The highest BCUT2D eigenvalue weighted by atomic mass is 16.1. The van der Waals surface area contributed by atoms with Gasteiger partial charge in [-0.1, -0.05) is 19.1 Å². The lowest BCUT2D eigenvalue weighted by molar-refractivity contribution is -0.121. The van der Waals surface area contributed by atoms with Crippen molar-refractivity contribution in [2.75, 3.05) is 19.6 Å². The molecule has 29 heavy (non-hydrogen) atoms. The minimum Gasteiger partial charge on any atom is -0.355 e. The average Bonchev–Trinajstić information content (AvgIpc) is 3.37. The number of fused-ring (bicyclic) bond motifs is 3. The predicted octanol–water partition coefficient (Wildman–Crippen LogP) is 3.42. The van der Waals surface area contributed by atoms with Gasteiger partial charge in [-0.3, -0.25) is 9.69 Å². The Labute approximate surface area is 172 Å². The molecule has 3 aromatic rings. The Kier molecular flexibility index (Phi) is 5.81. The van der Waals surface area contributed by atoms with Crippen LogP contribution in [0.1, 0.15) is 49.6 Å². The zero-order valence-electron chi connectivity index (χ0n) is 17.7. The number of nitrogens with one attached hydrogen (secondary N) is 1. The molecule has 0 saturated carbocycles. The number of rotatable bonds is 7. The van der Waals surface area contributed by atoms with Crippen molar-refractivity contribution in [2.24, 2.45) is 0 Å². The van der Waals surface area contributed by atoms with Crippen molar-refractivity contribution in [3.05, 3.63) is 41.2 Å². The van der Waals surface area contributed by atoms with Crippen molar-refractivity contribution < 1.29 is 4.79 Å². The summed E-state index contributed by atoms with van der Waals surface area (Å²) >= 11 is 0. The predicted molar refractivity (Wildman–Crippen MR) is 116 cm³/mol. The van der Waals surface area contributed by atoms with Crippen LogP contribution in [-0.2, 0) is 11.2 Å². The van der Waals surface area contributed by atoms with Gasteiger partial charge in [-0.05, 0) is 70.3 Å². The van der Waals surface area contributed by atoms with Gasteiger partial charge in [0.15, 0.2) is 5.65 Å². The summed E-state index contributed by atoms with van der Waals surface area (Å²) in [5.74, 6) is 0.118. The lowest BCUT2D eigenvalue weighted by atomic mass is 10.1. The third-order valence-electron chi connectivity index (χ3n) is 6.28. The second-order valence-corrected chi connectivity index (χ2v) is 8.12. The number of amides is 1. The lowest BCUT2D eigenvalue weighted by Gasteiger charge is -2.26. The highest BCUT2D eigenvalue weighted by Crippen LogP contribution is 2.23. The highest BCUT2D eigenvalue weighted by molar-refractivity contribution is 5.92. The first-order chi connectivity index (χ1) is 14.1. The summed E-state index contributed by atoms with van der Waals surface area (Å²) in [5.41, 5.74) is 5.01. The van der Waals surface area contributed by atoms with Crippen LogP contribution in [0, 0.1) is 13.8 Å². The molecule has 0 bridgehead atoms. The van der Waals surface area contributed by atoms with Crippen LogP contribution in [0.4, 0.5) is 0 Å². The number of hydrogen-bond donors (Lipinski definition) is 1. The second-order valence-electron chi connectivity index (χ2n) is 8.12. The van der Waals surface area contributed by atoms with Gasteiger partial charge in [0, 0.05) is 35.8 Å². The molecule has 1 aliphatic rings. The zero-order valence-corrected chi connectivity index (χ0v) is 17.7. The monoisotopic (exact) mass is 393 g/mol. The van der Waals surface area contributed by atoms with Gasteiger partial charge in [0.05, 0.1) is 5.52 Å². The van der Waals surface area contributed by atoms with Gasteiger partial charge in [-0.25, -0.2) is 9.50 Å². The molecular formula is C23H31N5O. The Morgan fingerprint density at radius 2 is 1.97 bits per heavy atom. The van der Waals surface area contributed by atoms with Crippen LogP contribution >= 0.6 is 0 Å². The van der Waals surface area contributed by atoms with E-state index in [0.29, 0.717) is 18.9 Å². The van der Waals surface area contributed by atoms with E-state index in [9.17, 15) is 4.79 Å². The average molecular weight is 394 g/mol. The Hall–Kier alpha value is -2.47. The van der Waals surface area contributed by atoms with Crippen molar-refractivity contribution >= 4 is 22.5 Å². The van der Waals surface area contributed by atoms with Crippen LogP contribution in [0.15, 0.2) is 24.3 Å². The molecule has 4 rings (SSSR count). The van der Waals surface area contributed by atoms with Gasteiger partial charge in [-0.15, -0.1) is 0 Å². The quantitative estimate of drug-likeness (QED) is 0.668. The maximum atomic E-state index is 12.5. The van der Waals surface area contributed by atoms with Crippen molar-refractivity contribution in [3.63, 3.8) is 0 Å². The van der Waals surface area contributed by atoms with Crippen LogP contribution in [0.3, 0.4) is 0 Å². The summed E-state index contributed by atoms with van der Waals surface area (Å²) in [5, 5.41) is 8.93. The number of likely N-dealkylation sites (tertiary alicyclic amines) is 1. The van der Waals surface area contributed by atoms with E-state index in [-0.39, 0.29) is 5.91 Å². The number of aromatic nitrogens is 3. The van der Waals surface area contributed by atoms with E-state index in [1.807, 2.05) is 29.6 Å². The molecule has 1 fully saturated rings. The first kappa shape index (κ1) is 19.8. The fourth-order valence-corrected chi connectivity index (χ4v) is 4.54. The smallest absolute Gasteiger partial charge is 0.220 e. The molecule has 1 aromatic carbocycles. The van der Waals surface area contributed by atoms with Gasteiger partial charge in [0.25, 0.3) is 0 Å². The molecule has 1 N–H and O–H groups in total. The largest absolute Gasteiger partial charge is 0.355 e. The molecule has 154 valence electrons. The highest BCUT2D eigenvalue weighted by Gasteiger charge is 2.21. The molecule has 2 aromatic heterocycles. The Morgan fingerprint density at radius 1 is 1.21 bits per heavy atom. The summed E-state index contributed by atoms with van der Waals surface area (Å²) in [6, 6.07) is 8.53. The van der Waals surface area contributed by atoms with E-state index in [0.717, 1.165) is 59.6 Å². The summed E-state index contributed by atoms with van der Waals surface area (Å²) in [7, 11) is 0. The van der Waals surface area contributed by atoms with Gasteiger partial charge < -0.3 is 5.32 Å². The van der Waals surface area contributed by atoms with Crippen LogP contribution < -0.4 is 5.32 Å². The van der Waals surface area contributed by atoms with Crippen molar-refractivity contribution in [1.29, 1.82) is 0 Å². The van der Waals surface area contributed by atoms with E-state index in [1.54, 1.807) is 0 Å². The Morgan fingerprint density at radius 3 is 2.72 bits per heavy atom. The second kappa shape index (κ2) is 8.49. The van der Waals surface area contributed by atoms with E-state index in [1.165, 1.54) is 12.8 Å². The van der Waals surface area contributed by atoms with Crippen LogP contribution in [-0.4, -0.2) is 51.1 Å². The van der Waals surface area contributed by atoms with Crippen LogP contribution in [0.5, 0.6) is 0 Å². The molecule has 3 heterocycles. The lowest BCUT2D eigenvalue weighted by Crippen LogP contribution is -2.42. The Bertz CT molecular complexity index is 1020. The van der Waals surface area contributed by atoms with Gasteiger partial charge in [0.1, 0.15) is 0 Å². The standard InChI is InChI=1S/C23H31N5O/c1-4-18(27-13-7-8-14-27)15-24-22(29)12-11-19-16(2)25-23-20-9-5-6-10-21(20)26-28(23)17(19)3/h5-6,9-10,18H,4,7-8,11-15H2,1-3H3,(H,24,29). The van der Waals surface area contributed by atoms with Crippen LogP contribution in [0.2, 0.25) is 0 Å². The topological polar surface area (TPSA) is 62.5 Å².